The first kappa shape index (κ1) is 27.2. The van der Waals surface area contributed by atoms with Crippen LogP contribution >= 0.6 is 0 Å². The van der Waals surface area contributed by atoms with Crippen LogP contribution in [0.3, 0.4) is 0 Å². The normalized spacial score (nSPS) is 13.8. The van der Waals surface area contributed by atoms with Gasteiger partial charge in [0.05, 0.1) is 19.8 Å². The third-order valence-corrected chi connectivity index (χ3v) is 4.92. The summed E-state index contributed by atoms with van der Waals surface area (Å²) in [7, 11) is 2.67. The van der Waals surface area contributed by atoms with Crippen molar-refractivity contribution in [2.24, 2.45) is 5.92 Å². The highest BCUT2D eigenvalue weighted by Gasteiger charge is 2.30. The van der Waals surface area contributed by atoms with Crippen molar-refractivity contribution in [2.75, 3.05) is 14.2 Å². The average molecular weight is 453 g/mol. The van der Waals surface area contributed by atoms with Crippen molar-refractivity contribution in [1.82, 2.24) is 0 Å². The first-order valence-corrected chi connectivity index (χ1v) is 10.4. The van der Waals surface area contributed by atoms with E-state index in [1.807, 2.05) is 19.1 Å². The number of carbonyl (C=O) groups is 2. The average Bonchev–Trinajstić information content (AvgIpc) is 2.77. The Morgan fingerprint density at radius 3 is 2.41 bits per heavy atom. The second kappa shape index (κ2) is 13.6. The van der Waals surface area contributed by atoms with Crippen LogP contribution in [0.15, 0.2) is 53.6 Å². The Hall–Kier alpha value is -2.83. The van der Waals surface area contributed by atoms with Crippen molar-refractivity contribution in [3.05, 3.63) is 64.8 Å². The van der Waals surface area contributed by atoms with Crippen LogP contribution in [0.1, 0.15) is 57.1 Å². The quantitative estimate of drug-likeness (QED) is 0.166. The fourth-order valence-electron chi connectivity index (χ4n) is 3.09. The number of hydrogen-bond acceptors (Lipinski definition) is 4. The van der Waals surface area contributed by atoms with Crippen LogP contribution in [0.25, 0.3) is 6.08 Å². The summed E-state index contributed by atoms with van der Waals surface area (Å²) >= 11 is 0. The maximum absolute atomic E-state index is 13.0. The Morgan fingerprint density at radius 2 is 1.78 bits per heavy atom. The fourth-order valence-corrected chi connectivity index (χ4v) is 3.09. The van der Waals surface area contributed by atoms with E-state index in [2.05, 4.69) is 9.47 Å². The third kappa shape index (κ3) is 10.5. The predicted octanol–water partition coefficient (Wildman–Crippen LogP) is 6.52. The molecule has 0 spiro atoms. The standard InChI is InChI=1S/C25H31F3O4/c1-18(12-13-19(2)24(30)32-4)16-20(8-5-6-11-23(29)31-3)14-15-21-9-7-10-22(17-21)25(26,27)28/h7,9-10,12-15,17,20H,5-6,8,11,16H2,1-4H3/b15-14+,18-12+,19-13+. The van der Waals surface area contributed by atoms with E-state index in [1.165, 1.54) is 20.3 Å². The molecule has 0 N–H and O–H groups in total. The minimum Gasteiger partial charge on any atom is -0.469 e. The molecule has 0 heterocycles. The zero-order valence-electron chi connectivity index (χ0n) is 19.0. The lowest BCUT2D eigenvalue weighted by Gasteiger charge is -2.14. The molecule has 0 amide bonds. The van der Waals surface area contributed by atoms with Gasteiger partial charge in [0.25, 0.3) is 0 Å². The van der Waals surface area contributed by atoms with Crippen molar-refractivity contribution in [1.29, 1.82) is 0 Å². The molecule has 32 heavy (non-hydrogen) atoms. The van der Waals surface area contributed by atoms with Crippen LogP contribution in [0.2, 0.25) is 0 Å². The Labute approximate surface area is 187 Å². The first-order valence-electron chi connectivity index (χ1n) is 10.4. The fraction of sp³-hybridized carbons (Fsp3) is 0.440. The molecule has 1 aromatic carbocycles. The van der Waals surface area contributed by atoms with Gasteiger partial charge in [-0.2, -0.15) is 13.2 Å². The SMILES string of the molecule is COC(=O)CCCCC(/C=C/c1cccc(C(F)(F)F)c1)C/C(C)=C/C=C(\C)C(=O)OC. The maximum atomic E-state index is 13.0. The molecule has 1 unspecified atom stereocenters. The maximum Gasteiger partial charge on any atom is 0.416 e. The number of hydrogen-bond donors (Lipinski definition) is 0. The van der Waals surface area contributed by atoms with Gasteiger partial charge in [-0.05, 0) is 56.7 Å². The number of halogens is 3. The molecule has 0 bridgehead atoms. The number of rotatable bonds is 11. The summed E-state index contributed by atoms with van der Waals surface area (Å²) in [5, 5.41) is 0. The Morgan fingerprint density at radius 1 is 1.06 bits per heavy atom. The van der Waals surface area contributed by atoms with Crippen molar-refractivity contribution in [3.63, 3.8) is 0 Å². The van der Waals surface area contributed by atoms with Gasteiger partial charge in [0.1, 0.15) is 0 Å². The molecular formula is C25H31F3O4. The summed E-state index contributed by atoms with van der Waals surface area (Å²) in [4.78, 5) is 22.8. The van der Waals surface area contributed by atoms with Crippen LogP contribution < -0.4 is 0 Å². The summed E-state index contributed by atoms with van der Waals surface area (Å²) in [5.74, 6) is -0.608. The molecule has 0 saturated heterocycles. The van der Waals surface area contributed by atoms with Gasteiger partial charge >= 0.3 is 18.1 Å². The van der Waals surface area contributed by atoms with Gasteiger partial charge < -0.3 is 9.47 Å². The number of allylic oxidation sites excluding steroid dienone is 4. The Balaban J connectivity index is 2.93. The van der Waals surface area contributed by atoms with Crippen molar-refractivity contribution in [3.8, 4) is 0 Å². The summed E-state index contributed by atoms with van der Waals surface area (Å²) in [5.41, 5.74) is 1.28. The molecular weight excluding hydrogens is 421 g/mol. The number of methoxy groups -OCH3 is 2. The molecule has 1 aromatic rings. The van der Waals surface area contributed by atoms with E-state index >= 15 is 0 Å². The van der Waals surface area contributed by atoms with E-state index in [-0.39, 0.29) is 11.9 Å². The molecule has 0 radical (unpaired) electrons. The lowest BCUT2D eigenvalue weighted by atomic mass is 9.92. The smallest absolute Gasteiger partial charge is 0.416 e. The van der Waals surface area contributed by atoms with Crippen molar-refractivity contribution < 1.29 is 32.2 Å². The van der Waals surface area contributed by atoms with Crippen LogP contribution in [0.4, 0.5) is 13.2 Å². The Kier molecular flexibility index (Phi) is 11.5. The summed E-state index contributed by atoms with van der Waals surface area (Å²) in [6.07, 6.45) is 5.94. The van der Waals surface area contributed by atoms with Crippen LogP contribution in [-0.2, 0) is 25.2 Å². The van der Waals surface area contributed by atoms with E-state index in [1.54, 1.807) is 25.1 Å². The van der Waals surface area contributed by atoms with Gasteiger partial charge in [-0.1, -0.05) is 48.4 Å². The zero-order chi connectivity index (χ0) is 24.1. The summed E-state index contributed by atoms with van der Waals surface area (Å²) in [6, 6.07) is 5.19. The molecule has 0 aliphatic carbocycles. The highest BCUT2D eigenvalue weighted by Crippen LogP contribution is 2.30. The molecule has 7 heteroatoms. The number of esters is 2. The van der Waals surface area contributed by atoms with E-state index in [9.17, 15) is 22.8 Å². The molecule has 0 aliphatic rings. The molecule has 0 aliphatic heterocycles. The van der Waals surface area contributed by atoms with Crippen LogP contribution in [0, 0.1) is 5.92 Å². The molecule has 1 atom stereocenters. The lowest BCUT2D eigenvalue weighted by molar-refractivity contribution is -0.141. The monoisotopic (exact) mass is 452 g/mol. The number of unbranched alkanes of at least 4 members (excludes halogenated alkanes) is 1. The molecule has 4 nitrogen and oxygen atoms in total. The van der Waals surface area contributed by atoms with Gasteiger partial charge in [-0.15, -0.1) is 0 Å². The second-order valence-corrected chi connectivity index (χ2v) is 7.62. The first-order chi connectivity index (χ1) is 15.1. The molecule has 176 valence electrons. The number of ether oxygens (including phenoxy) is 2. The zero-order valence-corrected chi connectivity index (χ0v) is 19.0. The third-order valence-electron chi connectivity index (χ3n) is 4.92. The predicted molar refractivity (Wildman–Crippen MR) is 119 cm³/mol. The minimum atomic E-state index is -4.39. The highest BCUT2D eigenvalue weighted by atomic mass is 19.4. The second-order valence-electron chi connectivity index (χ2n) is 7.62. The van der Waals surface area contributed by atoms with E-state index in [4.69, 9.17) is 0 Å². The minimum absolute atomic E-state index is 0.0604. The lowest BCUT2D eigenvalue weighted by Crippen LogP contribution is -2.04. The van der Waals surface area contributed by atoms with E-state index in [0.29, 0.717) is 30.4 Å². The highest BCUT2D eigenvalue weighted by molar-refractivity contribution is 5.87. The van der Waals surface area contributed by atoms with Crippen molar-refractivity contribution in [2.45, 2.75) is 52.1 Å². The Bertz CT molecular complexity index is 851. The molecule has 0 saturated carbocycles. The molecule has 1 rings (SSSR count). The van der Waals surface area contributed by atoms with Crippen LogP contribution in [-0.4, -0.2) is 26.2 Å². The molecule has 0 aromatic heterocycles. The number of benzene rings is 1. The van der Waals surface area contributed by atoms with E-state index in [0.717, 1.165) is 30.5 Å². The van der Waals surface area contributed by atoms with Gasteiger partial charge in [0.2, 0.25) is 0 Å². The number of alkyl halides is 3. The number of carbonyl (C=O) groups excluding carboxylic acids is 2. The topological polar surface area (TPSA) is 52.6 Å². The summed E-state index contributed by atoms with van der Waals surface area (Å²) < 4.78 is 48.2. The van der Waals surface area contributed by atoms with Gasteiger partial charge in [0.15, 0.2) is 0 Å². The van der Waals surface area contributed by atoms with Gasteiger partial charge in [0, 0.05) is 12.0 Å². The van der Waals surface area contributed by atoms with E-state index < -0.39 is 17.7 Å². The van der Waals surface area contributed by atoms with Gasteiger partial charge in [-0.25, -0.2) is 4.79 Å². The summed E-state index contributed by atoms with van der Waals surface area (Å²) in [6.45, 7) is 3.59. The largest absolute Gasteiger partial charge is 0.469 e. The van der Waals surface area contributed by atoms with Crippen LogP contribution in [0.5, 0.6) is 0 Å². The van der Waals surface area contributed by atoms with Crippen molar-refractivity contribution >= 4 is 18.0 Å². The molecule has 0 fully saturated rings. The van der Waals surface area contributed by atoms with Gasteiger partial charge in [-0.3, -0.25) is 4.79 Å².